The molecule has 4 nitrogen and oxygen atoms in total. The number of para-hydroxylation sites is 1. The van der Waals surface area contributed by atoms with E-state index in [1.807, 2.05) is 31.2 Å². The lowest BCUT2D eigenvalue weighted by molar-refractivity contribution is -0.121. The number of hydrogen-bond donors (Lipinski definition) is 2. The number of ether oxygens (including phenoxy) is 1. The zero-order chi connectivity index (χ0) is 15.9. The minimum absolute atomic E-state index is 0.0680. The number of hydrogen-bond acceptors (Lipinski definition) is 3. The minimum atomic E-state index is -0.192. The summed E-state index contributed by atoms with van der Waals surface area (Å²) in [6.07, 6.45) is 4.12. The van der Waals surface area contributed by atoms with Crippen LogP contribution in [0.5, 0.6) is 5.75 Å². The zero-order valence-corrected chi connectivity index (χ0v) is 13.5. The molecular weight excluding hydrogens is 278 g/mol. The maximum atomic E-state index is 12.1. The summed E-state index contributed by atoms with van der Waals surface area (Å²) in [5.41, 5.74) is 1.06. The van der Waals surface area contributed by atoms with Gasteiger partial charge in [-0.1, -0.05) is 31.5 Å². The second-order valence-corrected chi connectivity index (χ2v) is 6.34. The van der Waals surface area contributed by atoms with Gasteiger partial charge in [0.1, 0.15) is 5.75 Å². The SMILES string of the molecule is COc1ccccc1C(C)CC(=O)NCC1CCCC(O)C1. The van der Waals surface area contributed by atoms with E-state index in [1.54, 1.807) is 7.11 Å². The molecule has 0 radical (unpaired) electrons. The van der Waals surface area contributed by atoms with Gasteiger partial charge in [-0.2, -0.15) is 0 Å². The molecule has 1 saturated carbocycles. The summed E-state index contributed by atoms with van der Waals surface area (Å²) in [6.45, 7) is 2.72. The number of aliphatic hydroxyl groups excluding tert-OH is 1. The maximum absolute atomic E-state index is 12.1. The van der Waals surface area contributed by atoms with Crippen molar-refractivity contribution in [3.05, 3.63) is 29.8 Å². The Bertz CT molecular complexity index is 489. The van der Waals surface area contributed by atoms with Crippen molar-refractivity contribution in [1.82, 2.24) is 5.32 Å². The molecule has 0 spiro atoms. The first-order valence-corrected chi connectivity index (χ1v) is 8.17. The van der Waals surface area contributed by atoms with Crippen LogP contribution in [0.15, 0.2) is 24.3 Å². The molecule has 3 unspecified atom stereocenters. The van der Waals surface area contributed by atoms with Crippen molar-refractivity contribution in [2.75, 3.05) is 13.7 Å². The average molecular weight is 305 g/mol. The van der Waals surface area contributed by atoms with E-state index < -0.39 is 0 Å². The van der Waals surface area contributed by atoms with Gasteiger partial charge in [0.15, 0.2) is 0 Å². The molecule has 1 aliphatic carbocycles. The van der Waals surface area contributed by atoms with Crippen LogP contribution in [0, 0.1) is 5.92 Å². The zero-order valence-electron chi connectivity index (χ0n) is 13.5. The monoisotopic (exact) mass is 305 g/mol. The molecule has 122 valence electrons. The molecule has 22 heavy (non-hydrogen) atoms. The van der Waals surface area contributed by atoms with Crippen LogP contribution in [0.3, 0.4) is 0 Å². The van der Waals surface area contributed by atoms with Crippen molar-refractivity contribution >= 4 is 5.91 Å². The maximum Gasteiger partial charge on any atom is 0.220 e. The molecule has 0 heterocycles. The van der Waals surface area contributed by atoms with Crippen molar-refractivity contribution in [1.29, 1.82) is 0 Å². The van der Waals surface area contributed by atoms with Gasteiger partial charge < -0.3 is 15.2 Å². The van der Waals surface area contributed by atoms with E-state index in [1.165, 1.54) is 0 Å². The fourth-order valence-electron chi connectivity index (χ4n) is 3.24. The third kappa shape index (κ3) is 4.73. The highest BCUT2D eigenvalue weighted by Gasteiger charge is 2.21. The second kappa shape index (κ2) is 8.18. The Balaban J connectivity index is 1.81. The Morgan fingerprint density at radius 2 is 2.18 bits per heavy atom. The highest BCUT2D eigenvalue weighted by Crippen LogP contribution is 2.28. The Labute approximate surface area is 132 Å². The first-order chi connectivity index (χ1) is 10.6. The highest BCUT2D eigenvalue weighted by molar-refractivity contribution is 5.77. The van der Waals surface area contributed by atoms with E-state index in [2.05, 4.69) is 5.32 Å². The highest BCUT2D eigenvalue weighted by atomic mass is 16.5. The first kappa shape index (κ1) is 16.8. The van der Waals surface area contributed by atoms with E-state index in [0.29, 0.717) is 18.9 Å². The quantitative estimate of drug-likeness (QED) is 0.849. The predicted molar refractivity (Wildman–Crippen MR) is 87.0 cm³/mol. The molecule has 3 atom stereocenters. The van der Waals surface area contributed by atoms with Crippen LogP contribution in [-0.2, 0) is 4.79 Å². The molecule has 0 saturated heterocycles. The summed E-state index contributed by atoms with van der Waals surface area (Å²) in [5.74, 6) is 1.43. The third-order valence-corrected chi connectivity index (χ3v) is 4.50. The van der Waals surface area contributed by atoms with Crippen LogP contribution < -0.4 is 10.1 Å². The molecule has 1 aromatic rings. The molecule has 2 rings (SSSR count). The normalized spacial score (nSPS) is 22.9. The lowest BCUT2D eigenvalue weighted by Gasteiger charge is -2.26. The molecule has 0 bridgehead atoms. The molecule has 4 heteroatoms. The fourth-order valence-corrected chi connectivity index (χ4v) is 3.24. The number of rotatable bonds is 6. The van der Waals surface area contributed by atoms with Crippen molar-refractivity contribution in [3.8, 4) is 5.75 Å². The topological polar surface area (TPSA) is 58.6 Å². The number of nitrogens with one attached hydrogen (secondary N) is 1. The molecule has 0 aromatic heterocycles. The summed E-state index contributed by atoms with van der Waals surface area (Å²) in [5, 5.41) is 12.7. The van der Waals surface area contributed by atoms with Crippen LogP contribution in [0.4, 0.5) is 0 Å². The Hall–Kier alpha value is -1.55. The fraction of sp³-hybridized carbons (Fsp3) is 0.611. The van der Waals surface area contributed by atoms with Gasteiger partial charge >= 0.3 is 0 Å². The second-order valence-electron chi connectivity index (χ2n) is 6.34. The third-order valence-electron chi connectivity index (χ3n) is 4.50. The van der Waals surface area contributed by atoms with Crippen molar-refractivity contribution in [3.63, 3.8) is 0 Å². The lowest BCUT2D eigenvalue weighted by Crippen LogP contribution is -2.33. The van der Waals surface area contributed by atoms with Crippen molar-refractivity contribution < 1.29 is 14.6 Å². The summed E-state index contributed by atoms with van der Waals surface area (Å²) < 4.78 is 5.36. The van der Waals surface area contributed by atoms with Crippen LogP contribution in [0.2, 0.25) is 0 Å². The van der Waals surface area contributed by atoms with E-state index in [9.17, 15) is 9.90 Å². The smallest absolute Gasteiger partial charge is 0.220 e. The van der Waals surface area contributed by atoms with Crippen LogP contribution in [0.25, 0.3) is 0 Å². The van der Waals surface area contributed by atoms with E-state index in [0.717, 1.165) is 37.0 Å². The average Bonchev–Trinajstić information content (AvgIpc) is 2.53. The molecule has 1 aliphatic rings. The summed E-state index contributed by atoms with van der Waals surface area (Å²) in [6, 6.07) is 7.83. The molecule has 1 amide bonds. The minimum Gasteiger partial charge on any atom is -0.496 e. The summed E-state index contributed by atoms with van der Waals surface area (Å²) in [7, 11) is 1.65. The van der Waals surface area contributed by atoms with Crippen molar-refractivity contribution in [2.45, 2.75) is 51.0 Å². The molecule has 1 aromatic carbocycles. The Morgan fingerprint density at radius 3 is 2.91 bits per heavy atom. The lowest BCUT2D eigenvalue weighted by atomic mass is 9.87. The molecule has 2 N–H and O–H groups in total. The number of aliphatic hydroxyl groups is 1. The van der Waals surface area contributed by atoms with E-state index in [-0.39, 0.29) is 17.9 Å². The van der Waals surface area contributed by atoms with Gasteiger partial charge in [0, 0.05) is 13.0 Å². The van der Waals surface area contributed by atoms with E-state index in [4.69, 9.17) is 4.74 Å². The van der Waals surface area contributed by atoms with Gasteiger partial charge in [-0.15, -0.1) is 0 Å². The summed E-state index contributed by atoms with van der Waals surface area (Å²) in [4.78, 5) is 12.1. The molecule has 0 aliphatic heterocycles. The van der Waals surface area contributed by atoms with Crippen LogP contribution in [0.1, 0.15) is 50.5 Å². The number of carbonyl (C=O) groups excluding carboxylic acids is 1. The van der Waals surface area contributed by atoms with Crippen LogP contribution >= 0.6 is 0 Å². The number of methoxy groups -OCH3 is 1. The predicted octanol–water partition coefficient (Wildman–Crippen LogP) is 2.86. The van der Waals surface area contributed by atoms with Crippen LogP contribution in [-0.4, -0.2) is 30.8 Å². The van der Waals surface area contributed by atoms with Gasteiger partial charge in [0.25, 0.3) is 0 Å². The van der Waals surface area contributed by atoms with Gasteiger partial charge in [-0.25, -0.2) is 0 Å². The summed E-state index contributed by atoms with van der Waals surface area (Å²) >= 11 is 0. The Morgan fingerprint density at radius 1 is 1.41 bits per heavy atom. The van der Waals surface area contributed by atoms with Gasteiger partial charge in [0.2, 0.25) is 5.91 Å². The van der Waals surface area contributed by atoms with Crippen molar-refractivity contribution in [2.24, 2.45) is 5.92 Å². The molecule has 1 fully saturated rings. The standard InChI is InChI=1S/C18H27NO3/c1-13(16-8-3-4-9-17(16)22-2)10-18(21)19-12-14-6-5-7-15(20)11-14/h3-4,8-9,13-15,20H,5-7,10-12H2,1-2H3,(H,19,21). The number of benzene rings is 1. The first-order valence-electron chi connectivity index (χ1n) is 8.17. The number of amides is 1. The van der Waals surface area contributed by atoms with Gasteiger partial charge in [-0.3, -0.25) is 4.79 Å². The van der Waals surface area contributed by atoms with Gasteiger partial charge in [0.05, 0.1) is 13.2 Å². The molecular formula is C18H27NO3. The Kier molecular flexibility index (Phi) is 6.25. The largest absolute Gasteiger partial charge is 0.496 e. The van der Waals surface area contributed by atoms with Gasteiger partial charge in [-0.05, 0) is 42.7 Å². The van der Waals surface area contributed by atoms with E-state index >= 15 is 0 Å². The number of carbonyl (C=O) groups is 1.